The molecule has 134 valence electrons. The first-order valence-electron chi connectivity index (χ1n) is 8.15. The molecule has 0 amide bonds. The summed E-state index contributed by atoms with van der Waals surface area (Å²) in [6, 6.07) is 2.15. The van der Waals surface area contributed by atoms with Crippen molar-refractivity contribution in [2.24, 2.45) is 4.99 Å². The summed E-state index contributed by atoms with van der Waals surface area (Å²) in [6.07, 6.45) is 3.35. The Labute approximate surface area is 170 Å². The topological polar surface area (TPSA) is 49.3 Å². The van der Waals surface area contributed by atoms with Crippen LogP contribution in [0.4, 0.5) is 0 Å². The third kappa shape index (κ3) is 7.48. The Hall–Kier alpha value is -0.670. The lowest BCUT2D eigenvalue weighted by Crippen LogP contribution is -2.37. The van der Waals surface area contributed by atoms with E-state index in [2.05, 4.69) is 58.2 Å². The fraction of sp³-hybridized carbons (Fsp3) is 0.529. The minimum Gasteiger partial charge on any atom is -0.357 e. The van der Waals surface area contributed by atoms with E-state index in [1.165, 1.54) is 15.4 Å². The second kappa shape index (κ2) is 11.8. The molecule has 2 aromatic rings. The minimum absolute atomic E-state index is 0. The molecule has 0 aromatic carbocycles. The van der Waals surface area contributed by atoms with Gasteiger partial charge in [0.25, 0.3) is 0 Å². The van der Waals surface area contributed by atoms with Crippen LogP contribution in [0.2, 0.25) is 0 Å². The van der Waals surface area contributed by atoms with Gasteiger partial charge in [-0.25, -0.2) is 9.98 Å². The van der Waals surface area contributed by atoms with Crippen molar-refractivity contribution in [1.82, 2.24) is 15.6 Å². The van der Waals surface area contributed by atoms with Crippen LogP contribution < -0.4 is 10.6 Å². The predicted molar refractivity (Wildman–Crippen MR) is 117 cm³/mol. The maximum Gasteiger partial charge on any atom is 0.191 e. The van der Waals surface area contributed by atoms with E-state index in [9.17, 15) is 0 Å². The fourth-order valence-corrected chi connectivity index (χ4v) is 3.83. The number of nitrogens with one attached hydrogen (secondary N) is 2. The van der Waals surface area contributed by atoms with E-state index in [1.54, 1.807) is 22.7 Å². The van der Waals surface area contributed by atoms with Crippen molar-refractivity contribution in [3.8, 4) is 0 Å². The molecule has 7 heteroatoms. The Balaban J connectivity index is 0.00000288. The molecule has 0 aliphatic carbocycles. The number of rotatable bonds is 8. The molecule has 0 spiro atoms. The van der Waals surface area contributed by atoms with Crippen LogP contribution in [0, 0.1) is 13.8 Å². The Morgan fingerprint density at radius 2 is 2.04 bits per heavy atom. The average Bonchev–Trinajstić information content (AvgIpc) is 3.13. The SMILES string of the molecule is CCNC(=NCc1sccc1C)NCCCCc1nc(C)cs1.I. The van der Waals surface area contributed by atoms with Crippen LogP contribution in [0.25, 0.3) is 0 Å². The highest BCUT2D eigenvalue weighted by Crippen LogP contribution is 2.16. The quantitative estimate of drug-likeness (QED) is 0.254. The van der Waals surface area contributed by atoms with E-state index in [-0.39, 0.29) is 24.0 Å². The number of hydrogen-bond acceptors (Lipinski definition) is 4. The first-order chi connectivity index (χ1) is 11.2. The zero-order chi connectivity index (χ0) is 16.5. The lowest BCUT2D eigenvalue weighted by atomic mass is 10.2. The largest absolute Gasteiger partial charge is 0.357 e. The summed E-state index contributed by atoms with van der Waals surface area (Å²) in [5.41, 5.74) is 2.46. The highest BCUT2D eigenvalue weighted by Gasteiger charge is 2.02. The molecule has 2 rings (SSSR count). The standard InChI is InChI=1S/C17H26N4S2.HI/c1-4-18-17(20-11-15-13(2)8-10-22-15)19-9-6-5-7-16-21-14(3)12-23-16;/h8,10,12H,4-7,9,11H2,1-3H3,(H2,18,19,20);1H. The van der Waals surface area contributed by atoms with Gasteiger partial charge in [-0.1, -0.05) is 0 Å². The van der Waals surface area contributed by atoms with Crippen LogP contribution in [0.3, 0.4) is 0 Å². The molecule has 4 nitrogen and oxygen atoms in total. The first kappa shape index (κ1) is 21.4. The lowest BCUT2D eigenvalue weighted by molar-refractivity contribution is 0.692. The number of aromatic nitrogens is 1. The zero-order valence-corrected chi connectivity index (χ0v) is 18.6. The minimum atomic E-state index is 0. The molecule has 2 heterocycles. The Morgan fingerprint density at radius 3 is 2.67 bits per heavy atom. The molecular formula is C17H27IN4S2. The van der Waals surface area contributed by atoms with Gasteiger partial charge < -0.3 is 10.6 Å². The van der Waals surface area contributed by atoms with Crippen molar-refractivity contribution >= 4 is 52.6 Å². The molecule has 0 atom stereocenters. The monoisotopic (exact) mass is 478 g/mol. The number of guanidine groups is 1. The molecule has 0 aliphatic heterocycles. The van der Waals surface area contributed by atoms with Crippen molar-refractivity contribution in [1.29, 1.82) is 0 Å². The van der Waals surface area contributed by atoms with Crippen LogP contribution >= 0.6 is 46.7 Å². The number of hydrogen-bond donors (Lipinski definition) is 2. The van der Waals surface area contributed by atoms with E-state index in [1.807, 2.05) is 0 Å². The summed E-state index contributed by atoms with van der Waals surface area (Å²) >= 11 is 3.54. The number of nitrogens with zero attached hydrogens (tertiary/aromatic N) is 2. The molecule has 0 saturated heterocycles. The molecule has 0 unspecified atom stereocenters. The maximum atomic E-state index is 4.67. The Kier molecular flexibility index (Phi) is 10.5. The Morgan fingerprint density at radius 1 is 1.21 bits per heavy atom. The van der Waals surface area contributed by atoms with E-state index in [0.29, 0.717) is 0 Å². The molecule has 0 fully saturated rings. The fourth-order valence-electron chi connectivity index (χ4n) is 2.18. The van der Waals surface area contributed by atoms with Gasteiger partial charge in [0.1, 0.15) is 0 Å². The van der Waals surface area contributed by atoms with Crippen LogP contribution in [-0.4, -0.2) is 24.0 Å². The van der Waals surface area contributed by atoms with Gasteiger partial charge in [-0.2, -0.15) is 0 Å². The number of thiophene rings is 1. The van der Waals surface area contributed by atoms with E-state index < -0.39 is 0 Å². The van der Waals surface area contributed by atoms with Crippen molar-refractivity contribution in [3.63, 3.8) is 0 Å². The number of aryl methyl sites for hydroxylation is 3. The van der Waals surface area contributed by atoms with Crippen molar-refractivity contribution < 1.29 is 0 Å². The second-order valence-electron chi connectivity index (χ2n) is 5.49. The van der Waals surface area contributed by atoms with E-state index >= 15 is 0 Å². The predicted octanol–water partition coefficient (Wildman–Crippen LogP) is 4.52. The van der Waals surface area contributed by atoms with Gasteiger partial charge in [0, 0.05) is 29.0 Å². The highest BCUT2D eigenvalue weighted by atomic mass is 127. The molecule has 0 bridgehead atoms. The summed E-state index contributed by atoms with van der Waals surface area (Å²) in [7, 11) is 0. The molecule has 0 radical (unpaired) electrons. The van der Waals surface area contributed by atoms with Gasteiger partial charge in [-0.15, -0.1) is 46.7 Å². The average molecular weight is 478 g/mol. The zero-order valence-electron chi connectivity index (χ0n) is 14.6. The molecule has 0 saturated carbocycles. The normalized spacial score (nSPS) is 11.2. The summed E-state index contributed by atoms with van der Waals surface area (Å²) in [5.74, 6) is 0.908. The molecule has 2 N–H and O–H groups in total. The molecule has 2 aromatic heterocycles. The molecule has 24 heavy (non-hydrogen) atoms. The van der Waals surface area contributed by atoms with Gasteiger partial charge in [-0.3, -0.25) is 0 Å². The molecule has 0 aliphatic rings. The van der Waals surface area contributed by atoms with Crippen molar-refractivity contribution in [3.05, 3.63) is 38.0 Å². The smallest absolute Gasteiger partial charge is 0.191 e. The van der Waals surface area contributed by atoms with Gasteiger partial charge in [-0.05, 0) is 57.0 Å². The summed E-state index contributed by atoms with van der Waals surface area (Å²) in [6.45, 7) is 8.86. The summed E-state index contributed by atoms with van der Waals surface area (Å²) < 4.78 is 0. The first-order valence-corrected chi connectivity index (χ1v) is 9.91. The van der Waals surface area contributed by atoms with Gasteiger partial charge in [0.15, 0.2) is 5.96 Å². The van der Waals surface area contributed by atoms with Gasteiger partial charge in [0.05, 0.1) is 11.6 Å². The number of unbranched alkanes of at least 4 members (excludes halogenated alkanes) is 1. The number of halogens is 1. The van der Waals surface area contributed by atoms with Crippen LogP contribution in [0.1, 0.15) is 40.9 Å². The number of thiazole rings is 1. The highest BCUT2D eigenvalue weighted by molar-refractivity contribution is 14.0. The molecular weight excluding hydrogens is 451 g/mol. The summed E-state index contributed by atoms with van der Waals surface area (Å²) in [5, 5.41) is 12.2. The van der Waals surface area contributed by atoms with E-state index in [0.717, 1.165) is 50.6 Å². The van der Waals surface area contributed by atoms with Crippen LogP contribution in [0.15, 0.2) is 21.8 Å². The van der Waals surface area contributed by atoms with Gasteiger partial charge >= 0.3 is 0 Å². The van der Waals surface area contributed by atoms with Crippen molar-refractivity contribution in [2.45, 2.75) is 46.6 Å². The van der Waals surface area contributed by atoms with Crippen molar-refractivity contribution in [2.75, 3.05) is 13.1 Å². The second-order valence-corrected chi connectivity index (χ2v) is 7.43. The van der Waals surface area contributed by atoms with E-state index in [4.69, 9.17) is 0 Å². The maximum absolute atomic E-state index is 4.67. The number of aliphatic imine (C=N–C) groups is 1. The Bertz CT molecular complexity index is 622. The summed E-state index contributed by atoms with van der Waals surface area (Å²) in [4.78, 5) is 10.5. The van der Waals surface area contributed by atoms with Crippen LogP contribution in [0.5, 0.6) is 0 Å². The third-order valence-electron chi connectivity index (χ3n) is 3.47. The van der Waals surface area contributed by atoms with Crippen LogP contribution in [-0.2, 0) is 13.0 Å². The van der Waals surface area contributed by atoms with Gasteiger partial charge in [0.2, 0.25) is 0 Å². The lowest BCUT2D eigenvalue weighted by Gasteiger charge is -2.11. The third-order valence-corrected chi connectivity index (χ3v) is 5.50.